The summed E-state index contributed by atoms with van der Waals surface area (Å²) in [7, 11) is 0. The fraction of sp³-hybridized carbons (Fsp3) is 0.629. The van der Waals surface area contributed by atoms with E-state index < -0.39 is 41.1 Å². The van der Waals surface area contributed by atoms with E-state index in [1.807, 2.05) is 20.8 Å². The third-order valence-electron chi connectivity index (χ3n) is 8.23. The highest BCUT2D eigenvalue weighted by Gasteiger charge is 2.44. The molecule has 1 aliphatic rings. The zero-order valence-corrected chi connectivity index (χ0v) is 29.6. The second-order valence-electron chi connectivity index (χ2n) is 14.9. The van der Waals surface area contributed by atoms with Crippen LogP contribution in [0.15, 0.2) is 24.3 Å². The van der Waals surface area contributed by atoms with Gasteiger partial charge in [0.25, 0.3) is 0 Å². The van der Waals surface area contributed by atoms with Gasteiger partial charge in [0.2, 0.25) is 23.6 Å². The van der Waals surface area contributed by atoms with Crippen LogP contribution in [0.25, 0.3) is 0 Å². The molecule has 0 aliphatic carbocycles. The Morgan fingerprint density at radius 1 is 1.00 bits per heavy atom. The smallest absolute Gasteiger partial charge is 0.312 e. The van der Waals surface area contributed by atoms with Crippen molar-refractivity contribution >= 4 is 47.1 Å². The van der Waals surface area contributed by atoms with E-state index in [2.05, 4.69) is 16.0 Å². The van der Waals surface area contributed by atoms with Gasteiger partial charge in [0.1, 0.15) is 6.61 Å². The molecule has 266 valence electrons. The summed E-state index contributed by atoms with van der Waals surface area (Å²) in [6.07, 6.45) is 0.401. The van der Waals surface area contributed by atoms with Crippen LogP contribution >= 0.6 is 0 Å². The average molecular weight is 672 g/mol. The Morgan fingerprint density at radius 2 is 1.62 bits per heavy atom. The summed E-state index contributed by atoms with van der Waals surface area (Å²) in [4.78, 5) is 89.5. The predicted molar refractivity (Wildman–Crippen MR) is 180 cm³/mol. The molecular formula is C35H53N5O8. The van der Waals surface area contributed by atoms with Crippen molar-refractivity contribution in [3.05, 3.63) is 29.8 Å². The number of amides is 6. The number of anilines is 1. The van der Waals surface area contributed by atoms with Gasteiger partial charge in [-0.05, 0) is 62.6 Å². The van der Waals surface area contributed by atoms with Crippen molar-refractivity contribution in [3.63, 3.8) is 0 Å². The van der Waals surface area contributed by atoms with E-state index in [1.54, 1.807) is 58.9 Å². The van der Waals surface area contributed by atoms with Crippen molar-refractivity contribution in [2.45, 2.75) is 100 Å². The molecule has 13 nitrogen and oxygen atoms in total. The summed E-state index contributed by atoms with van der Waals surface area (Å²) in [6, 6.07) is 5.18. The van der Waals surface area contributed by atoms with Crippen LogP contribution in [0.3, 0.4) is 0 Å². The molecule has 1 fully saturated rings. The second kappa shape index (κ2) is 17.2. The molecule has 1 heterocycles. The van der Waals surface area contributed by atoms with Crippen molar-refractivity contribution in [3.8, 4) is 0 Å². The SMILES string of the molecule is CC(C)[C@H](NC(=O)CCN1C(=O)CC(C(C)(C)C)C1=O)C(=O)C[C@@H](CCCNC(N)=O)C(=O)Nc1ccc(COC(=O)C(C)(C)C)cc1. The number of ketones is 1. The number of nitrogens with zero attached hydrogens (tertiary/aromatic N) is 1. The molecule has 0 spiro atoms. The number of Topliss-reactive ketones (excluding diaryl/α,β-unsaturated/α-hetero) is 1. The van der Waals surface area contributed by atoms with E-state index in [-0.39, 0.29) is 80.3 Å². The van der Waals surface area contributed by atoms with Gasteiger partial charge in [-0.15, -0.1) is 0 Å². The molecule has 6 amide bonds. The minimum atomic E-state index is -0.904. The Hall–Kier alpha value is -4.29. The van der Waals surface area contributed by atoms with E-state index >= 15 is 0 Å². The van der Waals surface area contributed by atoms with E-state index in [0.717, 1.165) is 10.5 Å². The number of imide groups is 1. The lowest BCUT2D eigenvalue weighted by Gasteiger charge is -2.25. The first kappa shape index (κ1) is 39.9. The molecule has 0 bridgehead atoms. The van der Waals surface area contributed by atoms with Crippen LogP contribution in [0.2, 0.25) is 0 Å². The Balaban J connectivity index is 2.06. The third-order valence-corrected chi connectivity index (χ3v) is 8.23. The first-order valence-corrected chi connectivity index (χ1v) is 16.5. The maximum atomic E-state index is 13.5. The summed E-state index contributed by atoms with van der Waals surface area (Å²) < 4.78 is 5.34. The number of hydrogen-bond acceptors (Lipinski definition) is 8. The van der Waals surface area contributed by atoms with Crippen LogP contribution in [-0.2, 0) is 40.1 Å². The zero-order valence-electron chi connectivity index (χ0n) is 29.6. The van der Waals surface area contributed by atoms with Crippen molar-refractivity contribution in [1.82, 2.24) is 15.5 Å². The van der Waals surface area contributed by atoms with E-state index in [4.69, 9.17) is 10.5 Å². The Kier molecular flexibility index (Phi) is 14.3. The monoisotopic (exact) mass is 671 g/mol. The van der Waals surface area contributed by atoms with E-state index in [1.165, 1.54) is 0 Å². The molecule has 13 heteroatoms. The molecule has 48 heavy (non-hydrogen) atoms. The van der Waals surface area contributed by atoms with Crippen LogP contribution in [-0.4, -0.2) is 65.4 Å². The number of esters is 1. The minimum Gasteiger partial charge on any atom is -0.460 e. The van der Waals surface area contributed by atoms with Gasteiger partial charge in [-0.3, -0.25) is 33.7 Å². The number of carbonyl (C=O) groups is 7. The van der Waals surface area contributed by atoms with Crippen LogP contribution in [0.4, 0.5) is 10.5 Å². The van der Waals surface area contributed by atoms with Crippen molar-refractivity contribution in [1.29, 1.82) is 0 Å². The number of hydrogen-bond donors (Lipinski definition) is 4. The highest BCUT2D eigenvalue weighted by Crippen LogP contribution is 2.35. The summed E-state index contributed by atoms with van der Waals surface area (Å²) in [5.74, 6) is -3.73. The molecule has 1 saturated heterocycles. The number of nitrogens with two attached hydrogens (primary N) is 1. The Labute approximate surface area is 283 Å². The van der Waals surface area contributed by atoms with Crippen molar-refractivity contribution in [2.24, 2.45) is 34.3 Å². The van der Waals surface area contributed by atoms with Gasteiger partial charge in [0.15, 0.2) is 5.78 Å². The van der Waals surface area contributed by atoms with Crippen LogP contribution in [0.1, 0.15) is 93.1 Å². The number of nitrogens with one attached hydrogen (secondary N) is 3. The first-order valence-electron chi connectivity index (χ1n) is 16.5. The molecule has 0 radical (unpaired) electrons. The van der Waals surface area contributed by atoms with Crippen LogP contribution < -0.4 is 21.7 Å². The predicted octanol–water partition coefficient (Wildman–Crippen LogP) is 3.69. The first-order chi connectivity index (χ1) is 22.2. The van der Waals surface area contributed by atoms with Crippen LogP contribution in [0.5, 0.6) is 0 Å². The topological polar surface area (TPSA) is 194 Å². The highest BCUT2D eigenvalue weighted by atomic mass is 16.5. The summed E-state index contributed by atoms with van der Waals surface area (Å²) in [5, 5.41) is 8.05. The summed E-state index contributed by atoms with van der Waals surface area (Å²) >= 11 is 0. The minimum absolute atomic E-state index is 0.0786. The highest BCUT2D eigenvalue weighted by molar-refractivity contribution is 6.04. The van der Waals surface area contributed by atoms with Crippen LogP contribution in [0, 0.1) is 28.6 Å². The zero-order chi connectivity index (χ0) is 36.4. The molecule has 3 atom stereocenters. The summed E-state index contributed by atoms with van der Waals surface area (Å²) in [5.41, 5.74) is 5.35. The quantitative estimate of drug-likeness (QED) is 0.116. The maximum absolute atomic E-state index is 13.5. The van der Waals surface area contributed by atoms with E-state index in [9.17, 15) is 33.6 Å². The number of primary amides is 1. The van der Waals surface area contributed by atoms with Gasteiger partial charge >= 0.3 is 12.0 Å². The number of urea groups is 1. The number of likely N-dealkylation sites (tertiary alicyclic amines) is 1. The van der Waals surface area contributed by atoms with Gasteiger partial charge < -0.3 is 26.4 Å². The largest absolute Gasteiger partial charge is 0.460 e. The Morgan fingerprint density at radius 3 is 2.15 bits per heavy atom. The molecule has 0 saturated carbocycles. The molecule has 1 unspecified atom stereocenters. The van der Waals surface area contributed by atoms with Gasteiger partial charge in [0.05, 0.1) is 17.4 Å². The molecule has 1 aromatic carbocycles. The number of rotatable bonds is 16. The average Bonchev–Trinajstić information content (AvgIpc) is 3.27. The van der Waals surface area contributed by atoms with Gasteiger partial charge in [-0.25, -0.2) is 4.79 Å². The third kappa shape index (κ3) is 12.4. The van der Waals surface area contributed by atoms with Gasteiger partial charge in [0, 0.05) is 44.0 Å². The molecule has 1 aliphatic heterocycles. The fourth-order valence-electron chi connectivity index (χ4n) is 5.22. The molecule has 2 rings (SSSR count). The lowest BCUT2D eigenvalue weighted by atomic mass is 9.80. The lowest BCUT2D eigenvalue weighted by molar-refractivity contribution is -0.154. The number of benzene rings is 1. The summed E-state index contributed by atoms with van der Waals surface area (Å²) in [6.45, 7) is 14.7. The molecule has 5 N–H and O–H groups in total. The molecule has 1 aromatic rings. The van der Waals surface area contributed by atoms with Crippen molar-refractivity contribution in [2.75, 3.05) is 18.4 Å². The van der Waals surface area contributed by atoms with Crippen molar-refractivity contribution < 1.29 is 38.3 Å². The number of carbonyl (C=O) groups excluding carboxylic acids is 7. The Bertz CT molecular complexity index is 1340. The molecule has 0 aromatic heterocycles. The van der Waals surface area contributed by atoms with Gasteiger partial charge in [-0.1, -0.05) is 46.8 Å². The maximum Gasteiger partial charge on any atom is 0.312 e. The fourth-order valence-corrected chi connectivity index (χ4v) is 5.22. The van der Waals surface area contributed by atoms with Gasteiger partial charge in [-0.2, -0.15) is 0 Å². The van der Waals surface area contributed by atoms with E-state index in [0.29, 0.717) is 12.1 Å². The normalized spacial score (nSPS) is 16.4. The molecular weight excluding hydrogens is 618 g/mol. The number of ether oxygens (including phenoxy) is 1. The lowest BCUT2D eigenvalue weighted by Crippen LogP contribution is -2.46. The second-order valence-corrected chi connectivity index (χ2v) is 14.9. The standard InChI is InChI=1S/C35H53N5O8/c1-21(2)29(39-27(42)15-17-40-28(43)19-25(31(40)45)34(3,4)5)26(41)18-23(10-9-16-37-33(36)47)30(44)38-24-13-11-22(12-14-24)20-48-32(46)35(6,7)8/h11-14,21,23,25,29H,9-10,15-20H2,1-8H3,(H,38,44)(H,39,42)(H3,36,37,47)/t23-,25?,29+/m1/s1.